The number of nitrogens with zero attached hydrogens (tertiary/aromatic N) is 5. The summed E-state index contributed by atoms with van der Waals surface area (Å²) in [4.78, 5) is 36.3. The van der Waals surface area contributed by atoms with Crippen LogP contribution in [0.15, 0.2) is 49.5 Å². The van der Waals surface area contributed by atoms with Crippen molar-refractivity contribution in [1.29, 1.82) is 0 Å². The van der Waals surface area contributed by atoms with E-state index in [4.69, 9.17) is 4.74 Å². The summed E-state index contributed by atoms with van der Waals surface area (Å²) in [6, 6.07) is 6.04. The molecule has 0 aliphatic carbocycles. The number of carbonyl (C=O) groups is 2. The Morgan fingerprint density at radius 1 is 1.17 bits per heavy atom. The Hall–Kier alpha value is -3.43. The van der Waals surface area contributed by atoms with Crippen LogP contribution in [0.25, 0.3) is 5.57 Å². The van der Waals surface area contributed by atoms with E-state index in [0.29, 0.717) is 26.2 Å². The van der Waals surface area contributed by atoms with Gasteiger partial charge in [0.15, 0.2) is 0 Å². The zero-order chi connectivity index (χ0) is 31.2. The standard InChI is InChI=1S/C33H50N6O3/c1-11-33(6,7)42-32(41)39-16-14-38(15-17-39)28(18-23(2)3)26-13-12-24(4)19-27(26)25(5)31(29-20-34-22-37(29)10)35-30(40)21-36(8)9/h12-13,19-20,22,28,31H,2,5,11,14-18,21H2,1,3-4,6-10H3,(H,35,40). The number of carbonyl (C=O) groups excluding carboxylic acids is 2. The lowest BCUT2D eigenvalue weighted by molar-refractivity contribution is -0.122. The molecule has 1 aromatic heterocycles. The van der Waals surface area contributed by atoms with Gasteiger partial charge >= 0.3 is 6.09 Å². The average Bonchev–Trinajstić information content (AvgIpc) is 3.35. The molecule has 2 heterocycles. The number of ether oxygens (including phenoxy) is 1. The molecule has 2 amide bonds. The van der Waals surface area contributed by atoms with Crippen molar-refractivity contribution in [2.75, 3.05) is 46.8 Å². The van der Waals surface area contributed by atoms with E-state index in [1.807, 2.05) is 51.4 Å². The normalized spacial score (nSPS) is 15.8. The van der Waals surface area contributed by atoms with Gasteiger partial charge in [-0.25, -0.2) is 9.78 Å². The van der Waals surface area contributed by atoms with Gasteiger partial charge in [-0.05, 0) is 71.3 Å². The second kappa shape index (κ2) is 14.2. The maximum atomic E-state index is 13.0. The zero-order valence-electron chi connectivity index (χ0n) is 26.9. The highest BCUT2D eigenvalue weighted by Crippen LogP contribution is 2.38. The van der Waals surface area contributed by atoms with Crippen molar-refractivity contribution in [3.05, 3.63) is 71.8 Å². The van der Waals surface area contributed by atoms with Crippen LogP contribution in [0, 0.1) is 6.92 Å². The predicted molar refractivity (Wildman–Crippen MR) is 169 cm³/mol. The molecule has 42 heavy (non-hydrogen) atoms. The van der Waals surface area contributed by atoms with Crippen molar-refractivity contribution in [2.24, 2.45) is 7.05 Å². The largest absolute Gasteiger partial charge is 0.443 e. The molecule has 9 nitrogen and oxygen atoms in total. The number of hydrogen-bond donors (Lipinski definition) is 1. The Bertz CT molecular complexity index is 1270. The van der Waals surface area contributed by atoms with Crippen LogP contribution in [-0.4, -0.2) is 88.7 Å². The maximum absolute atomic E-state index is 13.0. The van der Waals surface area contributed by atoms with Gasteiger partial charge < -0.3 is 24.4 Å². The van der Waals surface area contributed by atoms with E-state index in [0.717, 1.165) is 46.4 Å². The van der Waals surface area contributed by atoms with Crippen LogP contribution >= 0.6 is 0 Å². The van der Waals surface area contributed by atoms with Crippen LogP contribution in [0.5, 0.6) is 0 Å². The van der Waals surface area contributed by atoms with Crippen LogP contribution in [0.1, 0.15) is 75.0 Å². The molecule has 0 bridgehead atoms. The fourth-order valence-corrected chi connectivity index (χ4v) is 5.23. The third-order valence-corrected chi connectivity index (χ3v) is 7.95. The maximum Gasteiger partial charge on any atom is 0.410 e. The van der Waals surface area contributed by atoms with Crippen molar-refractivity contribution >= 4 is 17.6 Å². The summed E-state index contributed by atoms with van der Waals surface area (Å²) in [6.45, 7) is 21.7. The molecule has 3 rings (SSSR count). The third-order valence-electron chi connectivity index (χ3n) is 7.95. The molecule has 0 spiro atoms. The number of piperazine rings is 1. The van der Waals surface area contributed by atoms with Crippen molar-refractivity contribution < 1.29 is 14.3 Å². The van der Waals surface area contributed by atoms with E-state index < -0.39 is 11.6 Å². The molecule has 1 aromatic carbocycles. The quantitative estimate of drug-likeness (QED) is 0.353. The molecule has 1 fully saturated rings. The molecular weight excluding hydrogens is 528 g/mol. The Balaban J connectivity index is 1.94. The lowest BCUT2D eigenvalue weighted by atomic mass is 9.86. The van der Waals surface area contributed by atoms with Crippen molar-refractivity contribution in [3.63, 3.8) is 0 Å². The Morgan fingerprint density at radius 2 is 1.83 bits per heavy atom. The highest BCUT2D eigenvalue weighted by atomic mass is 16.6. The number of amides is 2. The number of nitrogens with one attached hydrogen (secondary N) is 1. The highest BCUT2D eigenvalue weighted by molar-refractivity contribution is 5.82. The van der Waals surface area contributed by atoms with Gasteiger partial charge in [-0.3, -0.25) is 9.69 Å². The minimum atomic E-state index is -0.486. The van der Waals surface area contributed by atoms with E-state index in [-0.39, 0.29) is 24.6 Å². The lowest BCUT2D eigenvalue weighted by Crippen LogP contribution is -2.51. The molecule has 9 heteroatoms. The first-order valence-electron chi connectivity index (χ1n) is 14.8. The van der Waals surface area contributed by atoms with E-state index in [2.05, 4.69) is 60.4 Å². The number of hydrogen-bond acceptors (Lipinski definition) is 6. The second-order valence-electron chi connectivity index (χ2n) is 12.5. The summed E-state index contributed by atoms with van der Waals surface area (Å²) in [7, 11) is 5.67. The molecular formula is C33H50N6O3. The number of aromatic nitrogens is 2. The van der Waals surface area contributed by atoms with Crippen LogP contribution in [0.2, 0.25) is 0 Å². The van der Waals surface area contributed by atoms with Gasteiger partial charge in [0.2, 0.25) is 5.91 Å². The minimum Gasteiger partial charge on any atom is -0.443 e. The summed E-state index contributed by atoms with van der Waals surface area (Å²) < 4.78 is 7.68. The summed E-state index contributed by atoms with van der Waals surface area (Å²) in [5.74, 6) is -0.0886. The molecule has 1 aliphatic rings. The number of rotatable bonds is 12. The van der Waals surface area contributed by atoms with Crippen LogP contribution in [-0.2, 0) is 16.6 Å². The Morgan fingerprint density at radius 3 is 2.38 bits per heavy atom. The SMILES string of the molecule is C=C(C)CC(c1ccc(C)cc1C(=C)C(NC(=O)CN(C)C)c1cncn1C)N1CCN(C(=O)OC(C)(C)CC)CC1. The van der Waals surface area contributed by atoms with E-state index in [1.54, 1.807) is 17.4 Å². The molecule has 230 valence electrons. The molecule has 2 unspecified atom stereocenters. The molecule has 2 aromatic rings. The van der Waals surface area contributed by atoms with Gasteiger partial charge in [0.05, 0.1) is 30.8 Å². The number of aryl methyl sites for hydroxylation is 2. The number of benzene rings is 1. The topological polar surface area (TPSA) is 82.9 Å². The van der Waals surface area contributed by atoms with Crippen LogP contribution < -0.4 is 5.32 Å². The first kappa shape index (κ1) is 33.1. The second-order valence-corrected chi connectivity index (χ2v) is 12.5. The van der Waals surface area contributed by atoms with E-state index in [1.165, 1.54) is 0 Å². The Labute approximate surface area is 252 Å². The third kappa shape index (κ3) is 8.55. The smallest absolute Gasteiger partial charge is 0.410 e. The minimum absolute atomic E-state index is 0.0322. The lowest BCUT2D eigenvalue weighted by Gasteiger charge is -2.41. The number of likely N-dealkylation sites (N-methyl/N-ethyl adjacent to an activating group) is 1. The first-order chi connectivity index (χ1) is 19.7. The van der Waals surface area contributed by atoms with Crippen molar-refractivity contribution in [3.8, 4) is 0 Å². The van der Waals surface area contributed by atoms with Crippen molar-refractivity contribution in [1.82, 2.24) is 29.6 Å². The van der Waals surface area contributed by atoms with Gasteiger partial charge in [0.1, 0.15) is 5.60 Å². The molecule has 0 saturated carbocycles. The Kier molecular flexibility index (Phi) is 11.2. The monoisotopic (exact) mass is 578 g/mol. The molecule has 1 N–H and O–H groups in total. The van der Waals surface area contributed by atoms with Gasteiger partial charge in [0.25, 0.3) is 0 Å². The van der Waals surface area contributed by atoms with Gasteiger partial charge in [-0.1, -0.05) is 42.8 Å². The van der Waals surface area contributed by atoms with Gasteiger partial charge in [-0.15, -0.1) is 6.58 Å². The summed E-state index contributed by atoms with van der Waals surface area (Å²) >= 11 is 0. The van der Waals surface area contributed by atoms with Crippen molar-refractivity contribution in [2.45, 2.75) is 65.1 Å². The number of imidazole rings is 1. The summed E-state index contributed by atoms with van der Waals surface area (Å²) in [6.07, 6.45) is 4.79. The van der Waals surface area contributed by atoms with Crippen LogP contribution in [0.4, 0.5) is 4.79 Å². The van der Waals surface area contributed by atoms with E-state index in [9.17, 15) is 9.59 Å². The van der Waals surface area contributed by atoms with Gasteiger partial charge in [0, 0.05) is 39.3 Å². The summed E-state index contributed by atoms with van der Waals surface area (Å²) in [5.41, 5.74) is 5.50. The van der Waals surface area contributed by atoms with E-state index >= 15 is 0 Å². The average molecular weight is 579 g/mol. The summed E-state index contributed by atoms with van der Waals surface area (Å²) in [5, 5.41) is 3.21. The predicted octanol–water partition coefficient (Wildman–Crippen LogP) is 5.11. The van der Waals surface area contributed by atoms with Gasteiger partial charge in [-0.2, -0.15) is 0 Å². The highest BCUT2D eigenvalue weighted by Gasteiger charge is 2.32. The molecule has 0 radical (unpaired) electrons. The fourth-order valence-electron chi connectivity index (χ4n) is 5.23. The first-order valence-corrected chi connectivity index (χ1v) is 14.8. The fraction of sp³-hybridized carbons (Fsp3) is 0.545. The molecule has 2 atom stereocenters. The zero-order valence-corrected chi connectivity index (χ0v) is 26.9. The molecule has 1 saturated heterocycles. The molecule has 1 aliphatic heterocycles. The van der Waals surface area contributed by atoms with Crippen LogP contribution in [0.3, 0.4) is 0 Å².